The zero-order valence-corrected chi connectivity index (χ0v) is 27.8. The maximum Gasteiger partial charge on any atom is 0.366 e. The van der Waals surface area contributed by atoms with Crippen LogP contribution >= 0.6 is 22.9 Å². The summed E-state index contributed by atoms with van der Waals surface area (Å²) in [4.78, 5) is 30.9. The molecule has 2 N–H and O–H groups in total. The molecule has 0 spiro atoms. The number of carboxylic acid groups (broad SMARTS) is 1. The average Bonchev–Trinajstić information content (AvgIpc) is 3.38. The molecule has 1 heterocycles. The summed E-state index contributed by atoms with van der Waals surface area (Å²) in [7, 11) is -3.44. The molecule has 1 aromatic heterocycles. The molecule has 0 saturated carbocycles. The highest BCUT2D eigenvalue weighted by molar-refractivity contribution is 7.91. The highest BCUT2D eigenvalue weighted by Gasteiger charge is 2.24. The second-order valence-corrected chi connectivity index (χ2v) is 15.2. The average molecular weight is 671 g/mol. The highest BCUT2D eigenvalue weighted by atomic mass is 35.5. The largest absolute Gasteiger partial charge is 0.486 e. The van der Waals surface area contributed by atoms with Gasteiger partial charge >= 0.3 is 5.97 Å². The maximum absolute atomic E-state index is 12.9. The number of sulfone groups is 1. The number of nitrogens with zero attached hydrogens (tertiary/aromatic N) is 1. The Bertz CT molecular complexity index is 1750. The van der Waals surface area contributed by atoms with Crippen LogP contribution in [0.1, 0.15) is 58.7 Å². The number of ether oxygens (including phenoxy) is 2. The van der Waals surface area contributed by atoms with Crippen molar-refractivity contribution < 1.29 is 32.6 Å². The standard InChI is InChI=1S/C33H35ClN2O7S2/c1-21-29(33(2,3)4)35-28(44-21)20-42-26-9-5-8-23(19-26)30(37)36-31(32(38)39)43-25-14-10-22(11-15-25)7-6-18-45(40,41)27-16-12-24(34)13-17-27/h5,8-17,19,31H,6-7,18,20H2,1-4H3,(H,36,37)(H,38,39). The van der Waals surface area contributed by atoms with Crippen molar-refractivity contribution in [3.8, 4) is 11.5 Å². The van der Waals surface area contributed by atoms with Gasteiger partial charge in [0.2, 0.25) is 0 Å². The highest BCUT2D eigenvalue weighted by Crippen LogP contribution is 2.29. The Morgan fingerprint density at radius 1 is 1.02 bits per heavy atom. The van der Waals surface area contributed by atoms with Gasteiger partial charge in [-0.15, -0.1) is 11.3 Å². The number of benzene rings is 3. The summed E-state index contributed by atoms with van der Waals surface area (Å²) >= 11 is 7.41. The number of hydrogen-bond acceptors (Lipinski definition) is 8. The lowest BCUT2D eigenvalue weighted by atomic mass is 9.92. The van der Waals surface area contributed by atoms with Crippen molar-refractivity contribution in [1.82, 2.24) is 10.3 Å². The summed E-state index contributed by atoms with van der Waals surface area (Å²) in [6.45, 7) is 8.58. The molecule has 45 heavy (non-hydrogen) atoms. The van der Waals surface area contributed by atoms with Crippen molar-refractivity contribution in [2.24, 2.45) is 0 Å². The molecule has 238 valence electrons. The van der Waals surface area contributed by atoms with Crippen LogP contribution < -0.4 is 14.8 Å². The van der Waals surface area contributed by atoms with E-state index < -0.39 is 27.9 Å². The smallest absolute Gasteiger partial charge is 0.366 e. The third-order valence-electron chi connectivity index (χ3n) is 6.72. The fraction of sp³-hybridized carbons (Fsp3) is 0.303. The first kappa shape index (κ1) is 34.0. The minimum atomic E-state index is -3.44. The van der Waals surface area contributed by atoms with E-state index in [4.69, 9.17) is 26.1 Å². The van der Waals surface area contributed by atoms with E-state index in [2.05, 4.69) is 26.1 Å². The van der Waals surface area contributed by atoms with Crippen molar-refractivity contribution in [2.75, 3.05) is 5.75 Å². The topological polar surface area (TPSA) is 132 Å². The van der Waals surface area contributed by atoms with Gasteiger partial charge < -0.3 is 19.9 Å². The molecule has 0 aliphatic carbocycles. The first-order chi connectivity index (χ1) is 21.2. The number of thiazole rings is 1. The zero-order chi connectivity index (χ0) is 32.8. The van der Waals surface area contributed by atoms with Crippen LogP contribution in [0.3, 0.4) is 0 Å². The van der Waals surface area contributed by atoms with Crippen molar-refractivity contribution in [3.05, 3.63) is 105 Å². The number of aromatic nitrogens is 1. The first-order valence-corrected chi connectivity index (χ1v) is 17.0. The van der Waals surface area contributed by atoms with Crippen LogP contribution in [0.15, 0.2) is 77.7 Å². The van der Waals surface area contributed by atoms with E-state index >= 15 is 0 Å². The molecular weight excluding hydrogens is 636 g/mol. The van der Waals surface area contributed by atoms with Gasteiger partial charge in [-0.05, 0) is 79.9 Å². The fourth-order valence-corrected chi connectivity index (χ4v) is 7.02. The number of carboxylic acids is 1. The van der Waals surface area contributed by atoms with Gasteiger partial charge in [0.05, 0.1) is 16.3 Å². The van der Waals surface area contributed by atoms with Crippen LogP contribution in [0.25, 0.3) is 0 Å². The molecule has 1 atom stereocenters. The summed E-state index contributed by atoms with van der Waals surface area (Å²) in [6.07, 6.45) is -0.764. The number of nitrogens with one attached hydrogen (secondary N) is 1. The summed E-state index contributed by atoms with van der Waals surface area (Å²) in [6, 6.07) is 19.1. The molecule has 0 fully saturated rings. The molecule has 1 amide bonds. The summed E-state index contributed by atoms with van der Waals surface area (Å²) in [5.74, 6) is -1.38. The predicted octanol–water partition coefficient (Wildman–Crippen LogP) is 6.61. The second kappa shape index (κ2) is 14.4. The monoisotopic (exact) mass is 670 g/mol. The minimum absolute atomic E-state index is 0.0328. The predicted molar refractivity (Wildman–Crippen MR) is 174 cm³/mol. The number of hydrogen-bond donors (Lipinski definition) is 2. The maximum atomic E-state index is 12.9. The molecule has 0 aliphatic heterocycles. The number of aliphatic carboxylic acids is 1. The van der Waals surface area contributed by atoms with Gasteiger partial charge in [-0.3, -0.25) is 4.79 Å². The number of carbonyl (C=O) groups excluding carboxylic acids is 1. The van der Waals surface area contributed by atoms with Gasteiger partial charge in [0.15, 0.2) is 9.84 Å². The van der Waals surface area contributed by atoms with E-state index in [0.717, 1.165) is 21.1 Å². The van der Waals surface area contributed by atoms with E-state index in [1.807, 2.05) is 6.92 Å². The van der Waals surface area contributed by atoms with Crippen molar-refractivity contribution in [3.63, 3.8) is 0 Å². The number of rotatable bonds is 13. The molecule has 0 bridgehead atoms. The first-order valence-electron chi connectivity index (χ1n) is 14.2. The van der Waals surface area contributed by atoms with E-state index in [9.17, 15) is 23.1 Å². The quantitative estimate of drug-likeness (QED) is 0.152. The van der Waals surface area contributed by atoms with E-state index in [-0.39, 0.29) is 34.0 Å². The number of aryl methyl sites for hydroxylation is 2. The Balaban J connectivity index is 1.31. The molecule has 0 saturated heterocycles. The summed E-state index contributed by atoms with van der Waals surface area (Å²) in [5, 5.41) is 13.4. The molecule has 3 aromatic carbocycles. The third-order valence-corrected chi connectivity index (χ3v) is 9.74. The van der Waals surface area contributed by atoms with Crippen LogP contribution in [0.4, 0.5) is 0 Å². The summed E-state index contributed by atoms with van der Waals surface area (Å²) in [5.41, 5.74) is 2.00. The zero-order valence-electron chi connectivity index (χ0n) is 25.4. The Morgan fingerprint density at radius 2 is 1.71 bits per heavy atom. The third kappa shape index (κ3) is 9.53. The van der Waals surface area contributed by atoms with Crippen LogP contribution in [0.2, 0.25) is 5.02 Å². The van der Waals surface area contributed by atoms with Gasteiger partial charge in [-0.25, -0.2) is 18.2 Å². The molecule has 0 aliphatic rings. The molecule has 4 rings (SSSR count). The lowest BCUT2D eigenvalue weighted by molar-refractivity contribution is -0.146. The normalized spacial score (nSPS) is 12.4. The van der Waals surface area contributed by atoms with Crippen molar-refractivity contribution in [2.45, 2.75) is 63.7 Å². The van der Waals surface area contributed by atoms with Gasteiger partial charge in [0.1, 0.15) is 23.1 Å². The molecular formula is C33H35ClN2O7S2. The van der Waals surface area contributed by atoms with E-state index in [1.165, 1.54) is 18.2 Å². The minimum Gasteiger partial charge on any atom is -0.486 e. The molecule has 1 unspecified atom stereocenters. The Kier molecular flexibility index (Phi) is 10.9. The van der Waals surface area contributed by atoms with E-state index in [0.29, 0.717) is 23.6 Å². The second-order valence-electron chi connectivity index (χ2n) is 11.4. The van der Waals surface area contributed by atoms with Crippen LogP contribution in [0, 0.1) is 6.92 Å². The van der Waals surface area contributed by atoms with Crippen molar-refractivity contribution in [1.29, 1.82) is 0 Å². The van der Waals surface area contributed by atoms with Gasteiger partial charge in [-0.1, -0.05) is 50.6 Å². The Hall–Kier alpha value is -3.93. The van der Waals surface area contributed by atoms with Crippen LogP contribution in [-0.2, 0) is 33.1 Å². The van der Waals surface area contributed by atoms with Crippen LogP contribution in [0.5, 0.6) is 11.5 Å². The Morgan fingerprint density at radius 3 is 2.33 bits per heavy atom. The van der Waals surface area contributed by atoms with Gasteiger partial charge in [0, 0.05) is 20.9 Å². The molecule has 4 aromatic rings. The number of carbonyl (C=O) groups is 2. The summed E-state index contributed by atoms with van der Waals surface area (Å²) < 4.78 is 36.5. The van der Waals surface area contributed by atoms with Gasteiger partial charge in [-0.2, -0.15) is 0 Å². The number of halogens is 1. The van der Waals surface area contributed by atoms with Crippen molar-refractivity contribution >= 4 is 44.7 Å². The molecule has 0 radical (unpaired) electrons. The lowest BCUT2D eigenvalue weighted by Gasteiger charge is -2.17. The van der Waals surface area contributed by atoms with Gasteiger partial charge in [0.25, 0.3) is 12.1 Å². The lowest BCUT2D eigenvalue weighted by Crippen LogP contribution is -2.44. The number of amides is 1. The van der Waals surface area contributed by atoms with E-state index in [1.54, 1.807) is 65.9 Å². The SMILES string of the molecule is Cc1sc(COc2cccc(C(=O)NC(Oc3ccc(CCCS(=O)(=O)c4ccc(Cl)cc4)cc3)C(=O)O)c2)nc1C(C)(C)C. The van der Waals surface area contributed by atoms with Crippen LogP contribution in [-0.4, -0.2) is 42.4 Å². The molecule has 12 heteroatoms. The fourth-order valence-electron chi connectivity index (χ4n) is 4.52. The Labute approximate surface area is 272 Å². The molecule has 9 nitrogen and oxygen atoms in total.